The van der Waals surface area contributed by atoms with Gasteiger partial charge in [0.05, 0.1) is 0 Å². The van der Waals surface area contributed by atoms with Gasteiger partial charge < -0.3 is 71.0 Å². The number of hydrogen-bond donors (Lipinski definition) is 0. The molecular formula is Cu2Ga2In2Te3. The molecule has 9 heavy (non-hydrogen) atoms. The first-order valence-electron chi connectivity index (χ1n) is 0. The summed E-state index contributed by atoms with van der Waals surface area (Å²) in [5, 5.41) is 0. The molecule has 0 aromatic carbocycles. The predicted molar refractivity (Wildman–Crippen MR) is 40.3 cm³/mol. The van der Waals surface area contributed by atoms with E-state index in [0.717, 1.165) is 0 Å². The van der Waals surface area contributed by atoms with Crippen LogP contribution in [-0.4, -0.2) is 162 Å². The normalized spacial score (nSPS) is 0. The van der Waals surface area contributed by atoms with Crippen LogP contribution in [-0.2, 0) is 34.1 Å². The van der Waals surface area contributed by atoms with Gasteiger partial charge in [-0.15, -0.1) is 0 Å². The minimum Gasteiger partial charge on any atom is -2.00 e. The first kappa shape index (κ1) is 77.8. The van der Waals surface area contributed by atoms with E-state index in [1.54, 1.807) is 0 Å². The summed E-state index contributed by atoms with van der Waals surface area (Å²) in [6, 6.07) is 0. The molecule has 0 nitrogen and oxygen atoms in total. The molecule has 0 atom stereocenters. The standard InChI is InChI=1S/2Cu.2Ga.2In.3Te/q;;2*+3;;;3*-2. The van der Waals surface area contributed by atoms with Crippen molar-refractivity contribution in [3.05, 3.63) is 0 Å². The molecule has 52 valence electrons. The summed E-state index contributed by atoms with van der Waals surface area (Å²) in [6.45, 7) is 0. The number of rotatable bonds is 0. The average Bonchev–Trinajstić information content (AvgIpc) is 0. The third-order valence-electron chi connectivity index (χ3n) is 0. The van der Waals surface area contributed by atoms with E-state index in [1.165, 1.54) is 0 Å². The first-order chi connectivity index (χ1) is 0. The maximum absolute atomic E-state index is 0. The second kappa shape index (κ2) is 63.0. The van der Waals surface area contributed by atoms with Gasteiger partial charge in [0.25, 0.3) is 0 Å². The van der Waals surface area contributed by atoms with Crippen LogP contribution in [0, 0.1) is 0 Å². The zero-order valence-electron chi connectivity index (χ0n) is 4.14. The van der Waals surface area contributed by atoms with Crippen molar-refractivity contribution in [3.8, 4) is 0 Å². The van der Waals surface area contributed by atoms with E-state index in [4.69, 9.17) is 0 Å². The van der Waals surface area contributed by atoms with E-state index in [9.17, 15) is 0 Å². The van der Waals surface area contributed by atoms with Crippen LogP contribution < -0.4 is 0 Å². The maximum Gasteiger partial charge on any atom is 3.00 e. The largest absolute Gasteiger partial charge is 3.00 e. The van der Waals surface area contributed by atoms with Crippen LogP contribution in [0.25, 0.3) is 0 Å². The molecule has 9 heteroatoms. The van der Waals surface area contributed by atoms with Crippen molar-refractivity contribution >= 4 is 162 Å². The minimum atomic E-state index is 0. The van der Waals surface area contributed by atoms with Crippen LogP contribution in [0.1, 0.15) is 0 Å². The zero-order chi connectivity index (χ0) is 0. The minimum absolute atomic E-state index is 0. The average molecular weight is 879 g/mol. The molecule has 0 N–H and O–H groups in total. The second-order valence-electron chi connectivity index (χ2n) is 0. The molecule has 0 rings (SSSR count). The molecule has 8 radical (unpaired) electrons. The SMILES string of the molecule is [Cu].[Cu].[Ga+3].[Ga+3].[In].[In].[Te-2].[Te-2].[Te-2]. The predicted octanol–water partition coefficient (Wildman–Crippen LogP) is -2.67. The molecule has 0 aromatic heterocycles. The van der Waals surface area contributed by atoms with Crippen molar-refractivity contribution in [2.24, 2.45) is 0 Å². The van der Waals surface area contributed by atoms with Crippen molar-refractivity contribution in [1.29, 1.82) is 0 Å². The van der Waals surface area contributed by atoms with Gasteiger partial charge in [-0.25, -0.2) is 0 Å². The molecule has 0 saturated heterocycles. The first-order valence-corrected chi connectivity index (χ1v) is 0. The molecule has 0 heterocycles. The van der Waals surface area contributed by atoms with Crippen molar-refractivity contribution in [3.63, 3.8) is 0 Å². The summed E-state index contributed by atoms with van der Waals surface area (Å²) in [5.74, 6) is 0. The molecule has 0 bridgehead atoms. The Morgan fingerprint density at radius 1 is 0.444 bits per heavy atom. The van der Waals surface area contributed by atoms with Gasteiger partial charge in [-0.1, -0.05) is 0 Å². The van der Waals surface area contributed by atoms with Crippen LogP contribution in [0.5, 0.6) is 0 Å². The van der Waals surface area contributed by atoms with E-state index >= 15 is 0 Å². The van der Waals surface area contributed by atoms with Crippen LogP contribution in [0.2, 0.25) is 0 Å². The van der Waals surface area contributed by atoms with E-state index in [2.05, 4.69) is 0 Å². The topological polar surface area (TPSA) is 0 Å². The van der Waals surface area contributed by atoms with E-state index in [-0.39, 0.29) is 196 Å². The quantitative estimate of drug-likeness (QED) is 0.234. The summed E-state index contributed by atoms with van der Waals surface area (Å²) in [4.78, 5) is 0. The third kappa shape index (κ3) is 54.0. The van der Waals surface area contributed by atoms with Gasteiger partial charge in [0.15, 0.2) is 0 Å². The monoisotopic (exact) mass is 883 g/mol. The fraction of sp³-hybridized carbons (Fsp3) is 0. The van der Waals surface area contributed by atoms with Crippen LogP contribution in [0.3, 0.4) is 0 Å². The number of hydrogen-bond acceptors (Lipinski definition) is 0. The molecule has 0 amide bonds. The van der Waals surface area contributed by atoms with Gasteiger partial charge in [0.2, 0.25) is 0 Å². The maximum atomic E-state index is 0. The Bertz CT molecular complexity index is 17.8. The van der Waals surface area contributed by atoms with Crippen LogP contribution >= 0.6 is 0 Å². The van der Waals surface area contributed by atoms with Crippen LogP contribution in [0.4, 0.5) is 0 Å². The molecule has 0 aliphatic heterocycles. The summed E-state index contributed by atoms with van der Waals surface area (Å²) in [6.07, 6.45) is 0. The summed E-state index contributed by atoms with van der Waals surface area (Å²) < 4.78 is 0. The fourth-order valence-electron chi connectivity index (χ4n) is 0. The summed E-state index contributed by atoms with van der Waals surface area (Å²) in [7, 11) is 0. The van der Waals surface area contributed by atoms with Crippen molar-refractivity contribution in [1.82, 2.24) is 0 Å². The Kier molecular flexibility index (Phi) is 545. The Balaban J connectivity index is 0. The summed E-state index contributed by atoms with van der Waals surface area (Å²) >= 11 is 0. The molecule has 0 saturated carbocycles. The van der Waals surface area contributed by atoms with Crippen molar-refractivity contribution < 1.29 is 34.1 Å². The fourth-order valence-corrected chi connectivity index (χ4v) is 0. The van der Waals surface area contributed by atoms with Crippen molar-refractivity contribution in [2.45, 2.75) is 0 Å². The molecule has 0 spiro atoms. The Morgan fingerprint density at radius 2 is 0.444 bits per heavy atom. The van der Waals surface area contributed by atoms with Gasteiger partial charge in [-0.2, -0.15) is 0 Å². The van der Waals surface area contributed by atoms with Crippen molar-refractivity contribution in [2.75, 3.05) is 0 Å². The molecular weight excluding hydrogens is 879 g/mol. The molecule has 0 aliphatic carbocycles. The van der Waals surface area contributed by atoms with Gasteiger partial charge >= 0.3 is 39.6 Å². The van der Waals surface area contributed by atoms with E-state index in [0.29, 0.717) is 0 Å². The third-order valence-corrected chi connectivity index (χ3v) is 0. The van der Waals surface area contributed by atoms with E-state index < -0.39 is 0 Å². The van der Waals surface area contributed by atoms with Gasteiger partial charge in [-0.3, -0.25) is 0 Å². The Labute approximate surface area is 191 Å². The zero-order valence-corrected chi connectivity index (χ0v) is 24.4. The van der Waals surface area contributed by atoms with Gasteiger partial charge in [0.1, 0.15) is 0 Å². The Morgan fingerprint density at radius 3 is 0.444 bits per heavy atom. The smallest absolute Gasteiger partial charge is 2.00 e. The van der Waals surface area contributed by atoms with Gasteiger partial charge in [-0.05, 0) is 0 Å². The van der Waals surface area contributed by atoms with E-state index in [1.807, 2.05) is 0 Å². The molecule has 0 fully saturated rings. The second-order valence-corrected chi connectivity index (χ2v) is 0. The molecule has 0 aromatic rings. The molecule has 0 aliphatic rings. The summed E-state index contributed by atoms with van der Waals surface area (Å²) in [5.41, 5.74) is 0. The molecule has 0 unspecified atom stereocenters. The van der Waals surface area contributed by atoms with Gasteiger partial charge in [0, 0.05) is 85.8 Å². The Hall–Kier alpha value is 6.42. The van der Waals surface area contributed by atoms with Crippen LogP contribution in [0.15, 0.2) is 0 Å².